The summed E-state index contributed by atoms with van der Waals surface area (Å²) in [6.07, 6.45) is 33.5. The number of unbranched alkanes of at least 4 members (excludes halogenated alkanes) is 13. The number of hydrogen-bond acceptors (Lipinski definition) is 0. The molecule has 0 radical (unpaired) electrons. The average molecular weight is 437 g/mol. The summed E-state index contributed by atoms with van der Waals surface area (Å²) < 4.78 is 0. The Morgan fingerprint density at radius 1 is 0.290 bits per heavy atom. The van der Waals surface area contributed by atoms with Gasteiger partial charge in [0, 0.05) is 0 Å². The van der Waals surface area contributed by atoms with Crippen LogP contribution in [0.5, 0.6) is 0 Å². The van der Waals surface area contributed by atoms with Crippen LogP contribution >= 0.6 is 0 Å². The Morgan fingerprint density at radius 2 is 0.516 bits per heavy atom. The summed E-state index contributed by atoms with van der Waals surface area (Å²) in [4.78, 5) is 0. The van der Waals surface area contributed by atoms with Crippen LogP contribution in [0.4, 0.5) is 0 Å². The van der Waals surface area contributed by atoms with Crippen molar-refractivity contribution in [3.05, 3.63) is 0 Å². The van der Waals surface area contributed by atoms with Crippen LogP contribution in [-0.2, 0) is 0 Å². The van der Waals surface area contributed by atoms with Gasteiger partial charge in [-0.3, -0.25) is 0 Å². The predicted octanol–water partition coefficient (Wildman–Crippen LogP) is 11.9. The van der Waals surface area contributed by atoms with Crippen molar-refractivity contribution in [2.75, 3.05) is 0 Å². The maximum Gasteiger partial charge on any atom is -0.0443 e. The second-order valence-corrected chi connectivity index (χ2v) is 11.4. The molecule has 0 aliphatic rings. The lowest BCUT2D eigenvalue weighted by Gasteiger charge is -2.16. The van der Waals surface area contributed by atoms with E-state index >= 15 is 0 Å². The van der Waals surface area contributed by atoms with Gasteiger partial charge in [0.2, 0.25) is 0 Å². The van der Waals surface area contributed by atoms with Crippen molar-refractivity contribution in [3.8, 4) is 0 Å². The van der Waals surface area contributed by atoms with E-state index in [2.05, 4.69) is 34.6 Å². The molecule has 0 aromatic rings. The molecule has 188 valence electrons. The minimum atomic E-state index is 0.946. The zero-order valence-corrected chi connectivity index (χ0v) is 23.0. The van der Waals surface area contributed by atoms with Crippen molar-refractivity contribution in [1.82, 2.24) is 0 Å². The Hall–Kier alpha value is 0. The summed E-state index contributed by atoms with van der Waals surface area (Å²) in [5.41, 5.74) is 0. The predicted molar refractivity (Wildman–Crippen MR) is 145 cm³/mol. The van der Waals surface area contributed by atoms with E-state index < -0.39 is 0 Å². The molecule has 0 amide bonds. The molecular weight excluding hydrogens is 372 g/mol. The topological polar surface area (TPSA) is 0 Å². The first kappa shape index (κ1) is 31.0. The van der Waals surface area contributed by atoms with Gasteiger partial charge in [-0.05, 0) is 17.8 Å². The maximum absolute atomic E-state index is 2.50. The van der Waals surface area contributed by atoms with Gasteiger partial charge in [0.05, 0.1) is 0 Å². The highest BCUT2D eigenvalue weighted by Gasteiger charge is 2.08. The summed E-state index contributed by atoms with van der Waals surface area (Å²) in [6, 6.07) is 0. The molecule has 0 saturated carbocycles. The minimum absolute atomic E-state index is 0.946. The van der Waals surface area contributed by atoms with Gasteiger partial charge in [0.15, 0.2) is 0 Å². The Labute approximate surface area is 200 Å². The summed E-state index contributed by atoms with van der Waals surface area (Å²) in [5.74, 6) is 2.85. The largest absolute Gasteiger partial charge is 0.0654 e. The van der Waals surface area contributed by atoms with E-state index in [-0.39, 0.29) is 0 Å². The SMILES string of the molecule is CCCCCCCCCCCCC(C)CCCC(C)CCCC(C)CCCCCCC. The monoisotopic (exact) mass is 437 g/mol. The van der Waals surface area contributed by atoms with Crippen LogP contribution in [0, 0.1) is 17.8 Å². The normalized spacial score (nSPS) is 14.6. The van der Waals surface area contributed by atoms with Gasteiger partial charge in [-0.15, -0.1) is 0 Å². The van der Waals surface area contributed by atoms with Gasteiger partial charge >= 0.3 is 0 Å². The van der Waals surface area contributed by atoms with Crippen molar-refractivity contribution in [2.24, 2.45) is 17.8 Å². The van der Waals surface area contributed by atoms with E-state index in [0.717, 1.165) is 17.8 Å². The van der Waals surface area contributed by atoms with Gasteiger partial charge < -0.3 is 0 Å². The molecule has 0 heteroatoms. The molecular formula is C31H64. The van der Waals surface area contributed by atoms with Crippen LogP contribution in [0.1, 0.15) is 182 Å². The first-order valence-corrected chi connectivity index (χ1v) is 15.1. The van der Waals surface area contributed by atoms with Gasteiger partial charge in [-0.1, -0.05) is 182 Å². The zero-order valence-electron chi connectivity index (χ0n) is 23.0. The molecule has 0 N–H and O–H groups in total. The number of hydrogen-bond donors (Lipinski definition) is 0. The summed E-state index contributed by atoms with van der Waals surface area (Å²) in [7, 11) is 0. The van der Waals surface area contributed by atoms with Crippen LogP contribution in [0.25, 0.3) is 0 Å². The molecule has 0 fully saturated rings. The Balaban J connectivity index is 3.39. The quantitative estimate of drug-likeness (QED) is 0.125. The van der Waals surface area contributed by atoms with Crippen LogP contribution in [0.2, 0.25) is 0 Å². The van der Waals surface area contributed by atoms with E-state index in [1.54, 1.807) is 0 Å². The molecule has 0 bridgehead atoms. The summed E-state index contributed by atoms with van der Waals surface area (Å²) in [6.45, 7) is 12.1. The lowest BCUT2D eigenvalue weighted by atomic mass is 9.90. The van der Waals surface area contributed by atoms with Crippen molar-refractivity contribution in [1.29, 1.82) is 0 Å². The standard InChI is InChI=1S/C31H64/c1-6-8-10-12-13-14-15-16-18-20-24-30(4)26-22-28-31(5)27-21-25-29(3)23-19-17-11-9-7-2/h29-31H,6-28H2,1-5H3. The van der Waals surface area contributed by atoms with E-state index in [0.29, 0.717) is 0 Å². The fraction of sp³-hybridized carbons (Fsp3) is 1.00. The van der Waals surface area contributed by atoms with Gasteiger partial charge in [0.1, 0.15) is 0 Å². The molecule has 3 unspecified atom stereocenters. The third kappa shape index (κ3) is 24.5. The Bertz CT molecular complexity index is 320. The highest BCUT2D eigenvalue weighted by atomic mass is 14.1. The fourth-order valence-electron chi connectivity index (χ4n) is 5.14. The molecule has 0 aliphatic carbocycles. The molecule has 0 aliphatic heterocycles. The van der Waals surface area contributed by atoms with Crippen LogP contribution in [0.15, 0.2) is 0 Å². The summed E-state index contributed by atoms with van der Waals surface area (Å²) >= 11 is 0. The van der Waals surface area contributed by atoms with Crippen LogP contribution in [0.3, 0.4) is 0 Å². The molecule has 0 aromatic heterocycles. The van der Waals surface area contributed by atoms with Gasteiger partial charge in [-0.2, -0.15) is 0 Å². The Kier molecular flexibility index (Phi) is 24.6. The van der Waals surface area contributed by atoms with Crippen molar-refractivity contribution in [2.45, 2.75) is 182 Å². The Morgan fingerprint density at radius 3 is 0.806 bits per heavy atom. The first-order chi connectivity index (χ1) is 15.1. The molecule has 0 heterocycles. The second-order valence-electron chi connectivity index (χ2n) is 11.4. The molecule has 3 atom stereocenters. The van der Waals surface area contributed by atoms with E-state index in [1.807, 2.05) is 0 Å². The van der Waals surface area contributed by atoms with Crippen molar-refractivity contribution >= 4 is 0 Å². The van der Waals surface area contributed by atoms with Gasteiger partial charge in [0.25, 0.3) is 0 Å². The third-order valence-electron chi connectivity index (χ3n) is 7.64. The highest BCUT2D eigenvalue weighted by molar-refractivity contribution is 4.61. The van der Waals surface area contributed by atoms with E-state index in [9.17, 15) is 0 Å². The third-order valence-corrected chi connectivity index (χ3v) is 7.64. The fourth-order valence-corrected chi connectivity index (χ4v) is 5.14. The van der Waals surface area contributed by atoms with E-state index in [1.165, 1.54) is 148 Å². The molecule has 0 spiro atoms. The smallest absolute Gasteiger partial charge is 0.0443 e. The maximum atomic E-state index is 2.50. The molecule has 0 saturated heterocycles. The van der Waals surface area contributed by atoms with Crippen LogP contribution < -0.4 is 0 Å². The average Bonchev–Trinajstić information content (AvgIpc) is 2.75. The highest BCUT2D eigenvalue weighted by Crippen LogP contribution is 2.23. The zero-order chi connectivity index (χ0) is 23.0. The summed E-state index contributed by atoms with van der Waals surface area (Å²) in [5, 5.41) is 0. The van der Waals surface area contributed by atoms with Crippen LogP contribution in [-0.4, -0.2) is 0 Å². The molecule has 31 heavy (non-hydrogen) atoms. The molecule has 0 aromatic carbocycles. The number of rotatable bonds is 25. The lowest BCUT2D eigenvalue weighted by molar-refractivity contribution is 0.373. The van der Waals surface area contributed by atoms with Gasteiger partial charge in [-0.25, -0.2) is 0 Å². The first-order valence-electron chi connectivity index (χ1n) is 15.1. The van der Waals surface area contributed by atoms with Crippen molar-refractivity contribution in [3.63, 3.8) is 0 Å². The molecule has 0 rings (SSSR count). The lowest BCUT2D eigenvalue weighted by Crippen LogP contribution is -2.01. The van der Waals surface area contributed by atoms with Crippen molar-refractivity contribution < 1.29 is 0 Å². The van der Waals surface area contributed by atoms with E-state index in [4.69, 9.17) is 0 Å². The second kappa shape index (κ2) is 24.6. The minimum Gasteiger partial charge on any atom is -0.0654 e. The molecule has 0 nitrogen and oxygen atoms in total.